The molecule has 0 spiro atoms. The molecule has 2 aromatic rings. The topological polar surface area (TPSA) is 34.6 Å². The van der Waals surface area contributed by atoms with Gasteiger partial charge in [0.15, 0.2) is 0 Å². The van der Waals surface area contributed by atoms with E-state index in [0.29, 0.717) is 5.41 Å². The number of benzene rings is 1. The Kier molecular flexibility index (Phi) is 4.70. The zero-order chi connectivity index (χ0) is 19.4. The Bertz CT molecular complexity index is 824. The van der Waals surface area contributed by atoms with E-state index < -0.39 is 0 Å². The summed E-state index contributed by atoms with van der Waals surface area (Å²) in [6.45, 7) is 13.2. The highest BCUT2D eigenvalue weighted by Crippen LogP contribution is 2.38. The van der Waals surface area contributed by atoms with Crippen molar-refractivity contribution in [2.24, 2.45) is 5.41 Å². The van der Waals surface area contributed by atoms with Crippen LogP contribution in [0.2, 0.25) is 0 Å². The number of piperidine rings is 1. The molecule has 0 unspecified atom stereocenters. The Morgan fingerprint density at radius 3 is 2.33 bits per heavy atom. The third kappa shape index (κ3) is 3.69. The first-order chi connectivity index (χ1) is 12.6. The van der Waals surface area contributed by atoms with Crippen molar-refractivity contribution in [1.29, 1.82) is 0 Å². The average molecular weight is 386 g/mol. The van der Waals surface area contributed by atoms with Crippen LogP contribution in [0.1, 0.15) is 52.5 Å². The molecule has 6 heteroatoms. The van der Waals surface area contributed by atoms with Crippen LogP contribution < -0.4 is 5.46 Å². The molecule has 2 aliphatic rings. The molecule has 1 aromatic heterocycles. The second-order valence-corrected chi connectivity index (χ2v) is 10.8. The SMILES string of the molecule is CN1CCC(C)(Cc2nc3cc(B4OC(C)(C)C(C)(C)O4)ccc3s2)CC1. The minimum atomic E-state index is -0.323. The highest BCUT2D eigenvalue weighted by atomic mass is 32.1. The number of hydrogen-bond donors (Lipinski definition) is 0. The standard InChI is InChI=1S/C21H31BN2O2S/c1-19(2)20(3,4)26-22(25-19)15-7-8-17-16(13-15)23-18(27-17)14-21(5)9-11-24(6)12-10-21/h7-8,13H,9-12,14H2,1-6H3. The van der Waals surface area contributed by atoms with Gasteiger partial charge in [0.2, 0.25) is 0 Å². The average Bonchev–Trinajstić information content (AvgIpc) is 3.06. The molecule has 2 fully saturated rings. The van der Waals surface area contributed by atoms with Crippen LogP contribution in [0, 0.1) is 5.41 Å². The van der Waals surface area contributed by atoms with E-state index in [-0.39, 0.29) is 18.3 Å². The number of fused-ring (bicyclic) bond motifs is 1. The zero-order valence-electron chi connectivity index (χ0n) is 17.5. The van der Waals surface area contributed by atoms with Crippen LogP contribution >= 0.6 is 11.3 Å². The van der Waals surface area contributed by atoms with Crippen molar-refractivity contribution in [2.75, 3.05) is 20.1 Å². The molecule has 0 bridgehead atoms. The van der Waals surface area contributed by atoms with Gasteiger partial charge < -0.3 is 14.2 Å². The number of hydrogen-bond acceptors (Lipinski definition) is 5. The fourth-order valence-electron chi connectivity index (χ4n) is 3.89. The number of thiazole rings is 1. The van der Waals surface area contributed by atoms with E-state index in [9.17, 15) is 0 Å². The van der Waals surface area contributed by atoms with E-state index in [1.54, 1.807) is 0 Å². The second kappa shape index (κ2) is 6.55. The zero-order valence-corrected chi connectivity index (χ0v) is 18.3. The van der Waals surface area contributed by atoms with Gasteiger partial charge >= 0.3 is 7.12 Å². The lowest BCUT2D eigenvalue weighted by molar-refractivity contribution is 0.00578. The first kappa shape index (κ1) is 19.4. The molecule has 3 heterocycles. The molecular weight excluding hydrogens is 355 g/mol. The smallest absolute Gasteiger partial charge is 0.399 e. The third-order valence-electron chi connectivity index (χ3n) is 6.75. The maximum Gasteiger partial charge on any atom is 0.494 e. The van der Waals surface area contributed by atoms with E-state index in [1.807, 2.05) is 11.3 Å². The molecule has 146 valence electrons. The van der Waals surface area contributed by atoms with Gasteiger partial charge in [-0.25, -0.2) is 4.98 Å². The minimum Gasteiger partial charge on any atom is -0.399 e. The van der Waals surface area contributed by atoms with E-state index >= 15 is 0 Å². The summed E-state index contributed by atoms with van der Waals surface area (Å²) in [5.41, 5.74) is 1.86. The van der Waals surface area contributed by atoms with Crippen molar-refractivity contribution >= 4 is 34.1 Å². The summed E-state index contributed by atoms with van der Waals surface area (Å²) in [6, 6.07) is 6.45. The van der Waals surface area contributed by atoms with Crippen LogP contribution in [0.5, 0.6) is 0 Å². The van der Waals surface area contributed by atoms with Crippen LogP contribution in [0.3, 0.4) is 0 Å². The predicted octanol–water partition coefficient (Wildman–Crippen LogP) is 3.87. The van der Waals surface area contributed by atoms with Gasteiger partial charge in [-0.3, -0.25) is 0 Å². The second-order valence-electron chi connectivity index (χ2n) is 9.71. The van der Waals surface area contributed by atoms with Crippen molar-refractivity contribution in [3.8, 4) is 0 Å². The largest absolute Gasteiger partial charge is 0.494 e. The number of aromatic nitrogens is 1. The van der Waals surface area contributed by atoms with Crippen molar-refractivity contribution in [3.05, 3.63) is 23.2 Å². The maximum atomic E-state index is 6.20. The summed E-state index contributed by atoms with van der Waals surface area (Å²) in [6.07, 6.45) is 3.57. The summed E-state index contributed by atoms with van der Waals surface area (Å²) in [7, 11) is 1.89. The van der Waals surface area contributed by atoms with Crippen molar-refractivity contribution in [3.63, 3.8) is 0 Å². The monoisotopic (exact) mass is 386 g/mol. The minimum absolute atomic E-state index is 0.317. The maximum absolute atomic E-state index is 6.20. The van der Waals surface area contributed by atoms with E-state index in [1.165, 1.54) is 35.6 Å². The highest BCUT2D eigenvalue weighted by Gasteiger charge is 2.51. The van der Waals surface area contributed by atoms with Crippen LogP contribution in [-0.2, 0) is 15.7 Å². The molecule has 4 nitrogen and oxygen atoms in total. The fraction of sp³-hybridized carbons (Fsp3) is 0.667. The van der Waals surface area contributed by atoms with Gasteiger partial charge in [-0.15, -0.1) is 11.3 Å². The van der Waals surface area contributed by atoms with Crippen molar-refractivity contribution in [1.82, 2.24) is 9.88 Å². The van der Waals surface area contributed by atoms with Gasteiger partial charge in [-0.2, -0.15) is 0 Å². The van der Waals surface area contributed by atoms with Gasteiger partial charge in [0.25, 0.3) is 0 Å². The van der Waals surface area contributed by atoms with Crippen LogP contribution in [0.4, 0.5) is 0 Å². The lowest BCUT2D eigenvalue weighted by Gasteiger charge is -2.37. The van der Waals surface area contributed by atoms with E-state index in [2.05, 4.69) is 64.8 Å². The number of rotatable bonds is 3. The van der Waals surface area contributed by atoms with Gasteiger partial charge in [-0.05, 0) is 83.7 Å². The van der Waals surface area contributed by atoms with Crippen LogP contribution in [0.15, 0.2) is 18.2 Å². The fourth-order valence-corrected chi connectivity index (χ4v) is 5.06. The molecule has 0 radical (unpaired) electrons. The van der Waals surface area contributed by atoms with E-state index in [0.717, 1.165) is 17.4 Å². The molecule has 2 aliphatic heterocycles. The highest BCUT2D eigenvalue weighted by molar-refractivity contribution is 7.18. The predicted molar refractivity (Wildman–Crippen MR) is 114 cm³/mol. The molecule has 0 atom stereocenters. The Labute approximate surface area is 167 Å². The Morgan fingerprint density at radius 1 is 1.07 bits per heavy atom. The van der Waals surface area contributed by atoms with Crippen molar-refractivity contribution in [2.45, 2.75) is 65.1 Å². The van der Waals surface area contributed by atoms with Crippen LogP contribution in [-0.4, -0.2) is 48.3 Å². The molecule has 27 heavy (non-hydrogen) atoms. The summed E-state index contributed by atoms with van der Waals surface area (Å²) in [5.74, 6) is 0. The molecule has 4 rings (SSSR count). The van der Waals surface area contributed by atoms with Crippen molar-refractivity contribution < 1.29 is 9.31 Å². The summed E-state index contributed by atoms with van der Waals surface area (Å²) < 4.78 is 13.7. The summed E-state index contributed by atoms with van der Waals surface area (Å²) in [4.78, 5) is 7.40. The molecule has 0 saturated carbocycles. The Balaban J connectivity index is 1.54. The summed E-state index contributed by atoms with van der Waals surface area (Å²) in [5, 5.41) is 1.25. The lowest BCUT2D eigenvalue weighted by Crippen LogP contribution is -2.41. The van der Waals surface area contributed by atoms with Gasteiger partial charge in [0.1, 0.15) is 0 Å². The van der Waals surface area contributed by atoms with Crippen LogP contribution in [0.25, 0.3) is 10.2 Å². The van der Waals surface area contributed by atoms with Gasteiger partial charge in [-0.1, -0.05) is 13.0 Å². The number of likely N-dealkylation sites (tertiary alicyclic amines) is 1. The number of nitrogens with zero attached hydrogens (tertiary/aromatic N) is 2. The van der Waals surface area contributed by atoms with E-state index in [4.69, 9.17) is 14.3 Å². The third-order valence-corrected chi connectivity index (χ3v) is 7.79. The molecule has 2 saturated heterocycles. The molecule has 0 amide bonds. The quantitative estimate of drug-likeness (QED) is 0.751. The normalized spacial score (nSPS) is 24.6. The molecule has 1 aromatic carbocycles. The lowest BCUT2D eigenvalue weighted by atomic mass is 9.78. The Hall–Kier alpha value is -0.945. The first-order valence-electron chi connectivity index (χ1n) is 10.0. The Morgan fingerprint density at radius 2 is 1.70 bits per heavy atom. The van der Waals surface area contributed by atoms with Gasteiger partial charge in [0, 0.05) is 6.42 Å². The molecule has 0 aliphatic carbocycles. The molecular formula is C21H31BN2O2S. The summed E-state index contributed by atoms with van der Waals surface area (Å²) >= 11 is 1.83. The van der Waals surface area contributed by atoms with Gasteiger partial charge in [0.05, 0.1) is 26.4 Å². The molecule has 0 N–H and O–H groups in total. The first-order valence-corrected chi connectivity index (χ1v) is 10.8.